The Labute approximate surface area is 163 Å². The number of piperidine rings is 1. The first-order chi connectivity index (χ1) is 12.7. The highest BCUT2D eigenvalue weighted by molar-refractivity contribution is 5.79. The van der Waals surface area contributed by atoms with Crippen molar-refractivity contribution in [1.29, 1.82) is 0 Å². The van der Waals surface area contributed by atoms with E-state index in [1.54, 1.807) is 7.05 Å². The molecule has 7 heteroatoms. The number of nitrogens with one attached hydrogen (secondary N) is 1. The second kappa shape index (κ2) is 9.15. The number of hydrogen-bond donors (Lipinski definition) is 1. The maximum absolute atomic E-state index is 12.3. The number of rotatable bonds is 4. The summed E-state index contributed by atoms with van der Waals surface area (Å²) in [6.07, 6.45) is 3.94. The van der Waals surface area contributed by atoms with Crippen LogP contribution in [0.2, 0.25) is 0 Å². The van der Waals surface area contributed by atoms with E-state index in [1.165, 1.54) is 5.69 Å². The third-order valence-corrected chi connectivity index (χ3v) is 4.74. The predicted molar refractivity (Wildman–Crippen MR) is 109 cm³/mol. The third kappa shape index (κ3) is 6.48. The molecule has 1 aromatic rings. The monoisotopic (exact) mass is 377 g/mol. The highest BCUT2D eigenvalue weighted by atomic mass is 16.6. The molecule has 7 nitrogen and oxygen atoms in total. The van der Waals surface area contributed by atoms with Gasteiger partial charge in [0.25, 0.3) is 0 Å². The van der Waals surface area contributed by atoms with Crippen LogP contribution in [0, 0.1) is 5.92 Å². The van der Waals surface area contributed by atoms with Crippen LogP contribution in [0.4, 0.5) is 4.79 Å². The molecule has 27 heavy (non-hydrogen) atoms. The molecule has 0 aromatic carbocycles. The van der Waals surface area contributed by atoms with Crippen molar-refractivity contribution in [3.63, 3.8) is 0 Å². The second-order valence-corrected chi connectivity index (χ2v) is 8.33. The van der Waals surface area contributed by atoms with E-state index < -0.39 is 5.60 Å². The van der Waals surface area contributed by atoms with Gasteiger partial charge in [0.15, 0.2) is 5.96 Å². The average Bonchev–Trinajstić information content (AvgIpc) is 2.99. The lowest BCUT2D eigenvalue weighted by Crippen LogP contribution is -2.47. The number of aromatic nitrogens is 1. The summed E-state index contributed by atoms with van der Waals surface area (Å²) in [5, 5.41) is 3.47. The standard InChI is InChI=1S/C20H35N5O2/c1-20(2,3)27-19(26)25-12-7-9-16(14-25)13-22-18(21-4)24(6)15-17-10-8-11-23(17)5/h8,10-11,16H,7,9,12-15H2,1-6H3,(H,21,22). The van der Waals surface area contributed by atoms with Gasteiger partial charge in [-0.1, -0.05) is 0 Å². The largest absolute Gasteiger partial charge is 0.444 e. The van der Waals surface area contributed by atoms with Crippen molar-refractivity contribution in [3.05, 3.63) is 24.0 Å². The van der Waals surface area contributed by atoms with Gasteiger partial charge >= 0.3 is 6.09 Å². The van der Waals surface area contributed by atoms with Crippen LogP contribution in [0.15, 0.2) is 23.3 Å². The van der Waals surface area contributed by atoms with Crippen molar-refractivity contribution in [2.45, 2.75) is 45.8 Å². The van der Waals surface area contributed by atoms with Crippen LogP contribution in [0.25, 0.3) is 0 Å². The molecule has 152 valence electrons. The number of ether oxygens (including phenoxy) is 1. The predicted octanol–water partition coefficient (Wildman–Crippen LogP) is 2.68. The first-order valence-electron chi connectivity index (χ1n) is 9.69. The molecule has 2 heterocycles. The van der Waals surface area contributed by atoms with Crippen LogP contribution in [0.5, 0.6) is 0 Å². The van der Waals surface area contributed by atoms with E-state index in [9.17, 15) is 4.79 Å². The van der Waals surface area contributed by atoms with Gasteiger partial charge in [-0.15, -0.1) is 0 Å². The number of amides is 1. The fourth-order valence-electron chi connectivity index (χ4n) is 3.32. The molecular weight excluding hydrogens is 342 g/mol. The van der Waals surface area contributed by atoms with Gasteiger partial charge < -0.3 is 24.4 Å². The lowest BCUT2D eigenvalue weighted by molar-refractivity contribution is 0.0168. The molecule has 0 spiro atoms. The highest BCUT2D eigenvalue weighted by Gasteiger charge is 2.27. The van der Waals surface area contributed by atoms with Crippen LogP contribution in [0.1, 0.15) is 39.3 Å². The molecule has 1 fully saturated rings. The number of nitrogens with zero attached hydrogens (tertiary/aromatic N) is 4. The molecule has 1 unspecified atom stereocenters. The van der Waals surface area contributed by atoms with Gasteiger partial charge in [-0.2, -0.15) is 0 Å². The zero-order chi connectivity index (χ0) is 20.0. The first kappa shape index (κ1) is 21.1. The summed E-state index contributed by atoms with van der Waals surface area (Å²) in [5.41, 5.74) is 0.776. The van der Waals surface area contributed by atoms with Crippen LogP contribution in [0.3, 0.4) is 0 Å². The van der Waals surface area contributed by atoms with Crippen LogP contribution in [-0.4, -0.2) is 65.8 Å². The van der Waals surface area contributed by atoms with Gasteiger partial charge in [0.1, 0.15) is 5.60 Å². The molecular formula is C20H35N5O2. The number of carbonyl (C=O) groups is 1. The Morgan fingerprint density at radius 1 is 1.44 bits per heavy atom. The lowest BCUT2D eigenvalue weighted by Gasteiger charge is -2.34. The summed E-state index contributed by atoms with van der Waals surface area (Å²) in [4.78, 5) is 20.7. The Morgan fingerprint density at radius 2 is 2.19 bits per heavy atom. The summed E-state index contributed by atoms with van der Waals surface area (Å²) in [5.74, 6) is 1.26. The molecule has 0 bridgehead atoms. The van der Waals surface area contributed by atoms with E-state index in [2.05, 4.69) is 25.8 Å². The number of aliphatic imine (C=N–C) groups is 1. The number of carbonyl (C=O) groups excluding carboxylic acids is 1. The molecule has 1 saturated heterocycles. The average molecular weight is 378 g/mol. The number of guanidine groups is 1. The molecule has 1 N–H and O–H groups in total. The maximum atomic E-state index is 12.3. The summed E-state index contributed by atoms with van der Waals surface area (Å²) >= 11 is 0. The maximum Gasteiger partial charge on any atom is 0.410 e. The number of likely N-dealkylation sites (tertiary alicyclic amines) is 1. The van der Waals surface area contributed by atoms with E-state index in [0.717, 1.165) is 45.0 Å². The Hall–Kier alpha value is -2.18. The van der Waals surface area contributed by atoms with E-state index in [4.69, 9.17) is 4.74 Å². The van der Waals surface area contributed by atoms with Gasteiger partial charge in [-0.25, -0.2) is 4.79 Å². The van der Waals surface area contributed by atoms with E-state index in [1.807, 2.05) is 52.0 Å². The summed E-state index contributed by atoms with van der Waals surface area (Å²) in [6, 6.07) is 4.16. The van der Waals surface area contributed by atoms with Crippen molar-refractivity contribution < 1.29 is 9.53 Å². The molecule has 1 amide bonds. The molecule has 2 rings (SSSR count). The quantitative estimate of drug-likeness (QED) is 0.647. The summed E-state index contributed by atoms with van der Waals surface area (Å²) < 4.78 is 7.63. The van der Waals surface area contributed by atoms with Crippen LogP contribution < -0.4 is 5.32 Å². The normalized spacial score (nSPS) is 18.4. The van der Waals surface area contributed by atoms with E-state index in [0.29, 0.717) is 5.92 Å². The molecule has 1 aromatic heterocycles. The van der Waals surface area contributed by atoms with Gasteiger partial charge in [-0.3, -0.25) is 4.99 Å². The molecule has 0 saturated carbocycles. The fourth-order valence-corrected chi connectivity index (χ4v) is 3.32. The van der Waals surface area contributed by atoms with Crippen molar-refractivity contribution in [2.75, 3.05) is 33.7 Å². The van der Waals surface area contributed by atoms with E-state index in [-0.39, 0.29) is 6.09 Å². The van der Waals surface area contributed by atoms with Gasteiger partial charge in [0.2, 0.25) is 0 Å². The molecule has 0 radical (unpaired) electrons. The van der Waals surface area contributed by atoms with Crippen molar-refractivity contribution in [2.24, 2.45) is 18.0 Å². The van der Waals surface area contributed by atoms with Crippen LogP contribution >= 0.6 is 0 Å². The molecule has 1 aliphatic rings. The van der Waals surface area contributed by atoms with Crippen LogP contribution in [-0.2, 0) is 18.3 Å². The zero-order valence-corrected chi connectivity index (χ0v) is 17.7. The summed E-state index contributed by atoms with van der Waals surface area (Å²) in [6.45, 7) is 8.79. The van der Waals surface area contributed by atoms with Gasteiger partial charge in [-0.05, 0) is 51.7 Å². The van der Waals surface area contributed by atoms with E-state index >= 15 is 0 Å². The smallest absolute Gasteiger partial charge is 0.410 e. The Kier molecular flexibility index (Phi) is 7.16. The summed E-state index contributed by atoms with van der Waals surface area (Å²) in [7, 11) is 5.89. The minimum absolute atomic E-state index is 0.211. The first-order valence-corrected chi connectivity index (χ1v) is 9.69. The Morgan fingerprint density at radius 3 is 2.78 bits per heavy atom. The Balaban J connectivity index is 1.85. The lowest BCUT2D eigenvalue weighted by atomic mass is 9.98. The minimum atomic E-state index is -0.454. The van der Waals surface area contributed by atoms with Gasteiger partial charge in [0, 0.05) is 52.7 Å². The van der Waals surface area contributed by atoms with Gasteiger partial charge in [0.05, 0.1) is 6.54 Å². The zero-order valence-electron chi connectivity index (χ0n) is 17.7. The third-order valence-electron chi connectivity index (χ3n) is 4.74. The number of hydrogen-bond acceptors (Lipinski definition) is 3. The number of aryl methyl sites for hydroxylation is 1. The minimum Gasteiger partial charge on any atom is -0.444 e. The topological polar surface area (TPSA) is 62.1 Å². The SMILES string of the molecule is CN=C(NCC1CCCN(C(=O)OC(C)(C)C)C1)N(C)Cc1cccn1C. The molecule has 1 atom stereocenters. The highest BCUT2D eigenvalue weighted by Crippen LogP contribution is 2.19. The van der Waals surface area contributed by atoms with Crippen molar-refractivity contribution >= 4 is 12.1 Å². The second-order valence-electron chi connectivity index (χ2n) is 8.33. The Bertz CT molecular complexity index is 647. The fraction of sp³-hybridized carbons (Fsp3) is 0.700. The molecule has 1 aliphatic heterocycles. The van der Waals surface area contributed by atoms with Crippen molar-refractivity contribution in [1.82, 2.24) is 19.7 Å². The molecule has 0 aliphatic carbocycles. The van der Waals surface area contributed by atoms with Crippen molar-refractivity contribution in [3.8, 4) is 0 Å².